The van der Waals surface area contributed by atoms with E-state index in [1.807, 2.05) is 0 Å². The van der Waals surface area contributed by atoms with Crippen molar-refractivity contribution in [1.29, 1.82) is 0 Å². The monoisotopic (exact) mass is 319 g/mol. The molecule has 0 aliphatic carbocycles. The summed E-state index contributed by atoms with van der Waals surface area (Å²) in [5.74, 6) is -0.318. The molecule has 0 radical (unpaired) electrons. The molecule has 1 heterocycles. The number of nitrogens with zero attached hydrogens (tertiary/aromatic N) is 1. The molecule has 0 N–H and O–H groups in total. The van der Waals surface area contributed by atoms with Crippen LogP contribution in [-0.2, 0) is 9.53 Å². The third-order valence-corrected chi connectivity index (χ3v) is 10.2. The summed E-state index contributed by atoms with van der Waals surface area (Å²) in [6.45, 7) is 0. The standard InChI is InChI=1S/C5H5NO2.CH2Br.In/c1-3-4(6)5(7)8-2;1-2;/h1,3H,2H3;1H2;/q-1;;+1. The van der Waals surface area contributed by atoms with Gasteiger partial charge in [0.1, 0.15) is 0 Å². The number of esters is 1. The number of alkyl halides is 1. The Labute approximate surface area is 81.6 Å². The van der Waals surface area contributed by atoms with Gasteiger partial charge in [0.2, 0.25) is 0 Å². The fraction of sp³-hybridized carbons (Fsp3) is 0.333. The molecule has 0 unspecified atom stereocenters. The second-order valence-corrected chi connectivity index (χ2v) is 12.4. The predicted molar refractivity (Wildman–Crippen MR) is 48.1 cm³/mol. The molecule has 0 aromatic carbocycles. The zero-order chi connectivity index (χ0) is 8.27. The van der Waals surface area contributed by atoms with Gasteiger partial charge in [0.05, 0.1) is 0 Å². The van der Waals surface area contributed by atoms with E-state index in [1.54, 1.807) is 6.08 Å². The van der Waals surface area contributed by atoms with E-state index in [-0.39, 0.29) is 5.97 Å². The van der Waals surface area contributed by atoms with E-state index in [4.69, 9.17) is 0 Å². The summed E-state index contributed by atoms with van der Waals surface area (Å²) in [7, 11) is 1.37. The molecular formula is C6H7BrInNO2. The van der Waals surface area contributed by atoms with Crippen LogP contribution in [0.3, 0.4) is 0 Å². The number of carbonyl (C=O) groups is 1. The second kappa shape index (κ2) is 4.30. The van der Waals surface area contributed by atoms with E-state index in [9.17, 15) is 4.79 Å². The van der Waals surface area contributed by atoms with Gasteiger partial charge in [0, 0.05) is 0 Å². The van der Waals surface area contributed by atoms with Crippen molar-refractivity contribution < 1.29 is 9.53 Å². The molecule has 0 saturated heterocycles. The summed E-state index contributed by atoms with van der Waals surface area (Å²) in [6.07, 6.45) is 1.77. The third kappa shape index (κ3) is 2.33. The van der Waals surface area contributed by atoms with Gasteiger partial charge in [-0.2, -0.15) is 0 Å². The molecule has 0 amide bonds. The fourth-order valence-corrected chi connectivity index (χ4v) is 6.65. The molecule has 3 nitrogen and oxygen atoms in total. The summed E-state index contributed by atoms with van der Waals surface area (Å²) in [5, 5.41) is 0. The Morgan fingerprint density at radius 3 is 3.09 bits per heavy atom. The van der Waals surface area contributed by atoms with Crippen LogP contribution in [0, 0.1) is 0 Å². The quantitative estimate of drug-likeness (QED) is 0.553. The van der Waals surface area contributed by atoms with Crippen molar-refractivity contribution in [2.24, 2.45) is 2.98 Å². The molecule has 0 atom stereocenters. The Hall–Kier alpha value is 0.230. The molecule has 1 rings (SSSR count). The Balaban J connectivity index is 2.63. The van der Waals surface area contributed by atoms with Gasteiger partial charge in [-0.05, 0) is 0 Å². The molecule has 1 aliphatic heterocycles. The van der Waals surface area contributed by atoms with Crippen LogP contribution in [0.25, 0.3) is 0 Å². The van der Waals surface area contributed by atoms with Crippen LogP contribution in [0.5, 0.6) is 0 Å². The predicted octanol–water partition coefficient (Wildman–Crippen LogP) is 0.635. The van der Waals surface area contributed by atoms with Crippen molar-refractivity contribution in [2.45, 2.75) is 0 Å². The normalized spacial score (nSPS) is 15.1. The summed E-state index contributed by atoms with van der Waals surface area (Å²) < 4.78 is 11.8. The Kier molecular flexibility index (Phi) is 3.65. The number of hydrogen-bond acceptors (Lipinski definition) is 3. The SMILES string of the molecule is COC(=O)C1=[N][In]([CH2]Br)[CH]=C1. The van der Waals surface area contributed by atoms with Gasteiger partial charge < -0.3 is 0 Å². The topological polar surface area (TPSA) is 38.7 Å². The molecule has 0 aromatic heterocycles. The van der Waals surface area contributed by atoms with E-state index in [2.05, 4.69) is 27.5 Å². The maximum absolute atomic E-state index is 10.9. The first-order valence-corrected chi connectivity index (χ1v) is 10.0. The van der Waals surface area contributed by atoms with Crippen LogP contribution in [0.1, 0.15) is 0 Å². The number of ether oxygens (including phenoxy) is 1. The van der Waals surface area contributed by atoms with E-state index in [0.29, 0.717) is 5.71 Å². The first-order valence-electron chi connectivity index (χ1n) is 3.18. The molecule has 0 bridgehead atoms. The molecule has 0 fully saturated rings. The van der Waals surface area contributed by atoms with Gasteiger partial charge in [-0.1, -0.05) is 0 Å². The van der Waals surface area contributed by atoms with E-state index in [1.165, 1.54) is 7.11 Å². The number of hydrogen-bond donors (Lipinski definition) is 0. The number of halogens is 1. The maximum atomic E-state index is 10.9. The van der Waals surface area contributed by atoms with Crippen molar-refractivity contribution in [3.8, 4) is 0 Å². The molecule has 0 saturated carbocycles. The van der Waals surface area contributed by atoms with Gasteiger partial charge in [-0.3, -0.25) is 0 Å². The van der Waals surface area contributed by atoms with Gasteiger partial charge in [-0.25, -0.2) is 0 Å². The third-order valence-electron chi connectivity index (χ3n) is 1.33. The van der Waals surface area contributed by atoms with Crippen LogP contribution in [0.4, 0.5) is 0 Å². The van der Waals surface area contributed by atoms with Gasteiger partial charge in [-0.15, -0.1) is 0 Å². The average Bonchev–Trinajstić information content (AvgIpc) is 2.50. The first-order chi connectivity index (χ1) is 5.27. The van der Waals surface area contributed by atoms with E-state index >= 15 is 0 Å². The minimum atomic E-state index is -1.81. The van der Waals surface area contributed by atoms with Crippen molar-refractivity contribution in [1.82, 2.24) is 0 Å². The number of methoxy groups -OCH3 is 1. The molecule has 0 spiro atoms. The molecule has 11 heavy (non-hydrogen) atoms. The van der Waals surface area contributed by atoms with Crippen LogP contribution in [0.15, 0.2) is 12.9 Å². The van der Waals surface area contributed by atoms with Crippen molar-refractivity contribution >= 4 is 49.3 Å². The summed E-state index contributed by atoms with van der Waals surface area (Å²) in [6, 6.07) is 0. The Morgan fingerprint density at radius 1 is 1.91 bits per heavy atom. The van der Waals surface area contributed by atoms with Crippen LogP contribution in [0.2, 0.25) is 0 Å². The zero-order valence-electron chi connectivity index (χ0n) is 6.08. The van der Waals surface area contributed by atoms with E-state index in [0.717, 1.165) is 3.09 Å². The van der Waals surface area contributed by atoms with Crippen LogP contribution < -0.4 is 0 Å². The van der Waals surface area contributed by atoms with Gasteiger partial charge >= 0.3 is 82.0 Å². The fourth-order valence-electron chi connectivity index (χ4n) is 0.778. The average molecular weight is 320 g/mol. The zero-order valence-corrected chi connectivity index (χ0v) is 11.0. The van der Waals surface area contributed by atoms with Crippen molar-refractivity contribution in [3.05, 3.63) is 9.91 Å². The molecule has 5 heteroatoms. The van der Waals surface area contributed by atoms with Crippen molar-refractivity contribution in [2.75, 3.05) is 10.2 Å². The summed E-state index contributed by atoms with van der Waals surface area (Å²) in [5.41, 5.74) is 0.493. The summed E-state index contributed by atoms with van der Waals surface area (Å²) >= 11 is 1.55. The molecule has 0 aromatic rings. The minimum absolute atomic E-state index is 0.318. The first kappa shape index (κ1) is 9.32. The van der Waals surface area contributed by atoms with Crippen LogP contribution in [-0.4, -0.2) is 43.6 Å². The number of rotatable bonds is 2. The van der Waals surface area contributed by atoms with E-state index < -0.39 is 21.7 Å². The second-order valence-electron chi connectivity index (χ2n) is 2.09. The molecule has 1 aliphatic rings. The number of carbonyl (C=O) groups excluding carboxylic acids is 1. The Bertz CT molecular complexity index is 227. The summed E-state index contributed by atoms with van der Waals surface area (Å²) in [4.78, 5) is 10.9. The van der Waals surface area contributed by atoms with Crippen molar-refractivity contribution in [3.63, 3.8) is 0 Å². The van der Waals surface area contributed by atoms with Gasteiger partial charge in [0.25, 0.3) is 0 Å². The molecule has 58 valence electrons. The van der Waals surface area contributed by atoms with Gasteiger partial charge in [0.15, 0.2) is 0 Å². The molecular weight excluding hydrogens is 313 g/mol. The van der Waals surface area contributed by atoms with Crippen LogP contribution >= 0.6 is 15.9 Å². The Morgan fingerprint density at radius 2 is 2.64 bits per heavy atom.